The molecule has 0 saturated carbocycles. The Morgan fingerprint density at radius 2 is 2.11 bits per heavy atom. The van der Waals surface area contributed by atoms with Crippen LogP contribution < -0.4 is 10.6 Å². The van der Waals surface area contributed by atoms with E-state index in [1.54, 1.807) is 22.4 Å². The van der Waals surface area contributed by atoms with E-state index in [9.17, 15) is 9.59 Å². The minimum absolute atomic E-state index is 0.0490. The Hall–Kier alpha value is -2.93. The minimum atomic E-state index is -0.215. The molecule has 3 aromatic rings. The second-order valence-corrected chi connectivity index (χ2v) is 7.92. The van der Waals surface area contributed by atoms with Crippen LogP contribution >= 0.6 is 11.3 Å². The molecule has 0 radical (unpaired) electrons. The molecule has 144 valence electrons. The van der Waals surface area contributed by atoms with Crippen LogP contribution in [0.2, 0.25) is 0 Å². The highest BCUT2D eigenvalue weighted by molar-refractivity contribution is 7.09. The van der Waals surface area contributed by atoms with E-state index in [4.69, 9.17) is 0 Å². The van der Waals surface area contributed by atoms with E-state index in [2.05, 4.69) is 15.6 Å². The smallest absolute Gasteiger partial charge is 0.317 e. The number of pyridine rings is 1. The Labute approximate surface area is 167 Å². The van der Waals surface area contributed by atoms with Gasteiger partial charge >= 0.3 is 6.03 Å². The number of hydrogen-bond donors (Lipinski definition) is 2. The maximum atomic E-state index is 12.8. The summed E-state index contributed by atoms with van der Waals surface area (Å²) in [7, 11) is 0. The Bertz CT molecular complexity index is 968. The summed E-state index contributed by atoms with van der Waals surface area (Å²) >= 11 is 1.62. The summed E-state index contributed by atoms with van der Waals surface area (Å²) in [4.78, 5) is 32.5. The van der Waals surface area contributed by atoms with E-state index in [0.29, 0.717) is 19.6 Å². The molecule has 1 atom stereocenters. The van der Waals surface area contributed by atoms with Crippen molar-refractivity contribution in [3.63, 3.8) is 0 Å². The van der Waals surface area contributed by atoms with Gasteiger partial charge in [0.05, 0.1) is 23.7 Å². The van der Waals surface area contributed by atoms with Crippen molar-refractivity contribution in [1.29, 1.82) is 0 Å². The molecule has 2 N–H and O–H groups in total. The van der Waals surface area contributed by atoms with Gasteiger partial charge in [0.25, 0.3) is 0 Å². The van der Waals surface area contributed by atoms with Crippen molar-refractivity contribution in [2.24, 2.45) is 5.92 Å². The van der Waals surface area contributed by atoms with E-state index in [1.165, 1.54) is 0 Å². The fourth-order valence-corrected chi connectivity index (χ4v) is 4.16. The molecule has 28 heavy (non-hydrogen) atoms. The van der Waals surface area contributed by atoms with Gasteiger partial charge in [-0.2, -0.15) is 0 Å². The first-order valence-electron chi connectivity index (χ1n) is 9.40. The Balaban J connectivity index is 1.38. The number of hydrogen-bond acceptors (Lipinski definition) is 4. The highest BCUT2D eigenvalue weighted by atomic mass is 32.1. The summed E-state index contributed by atoms with van der Waals surface area (Å²) in [6, 6.07) is 13.4. The minimum Gasteiger partial charge on any atom is -0.333 e. The van der Waals surface area contributed by atoms with Crippen molar-refractivity contribution >= 4 is 39.9 Å². The zero-order valence-corrected chi connectivity index (χ0v) is 16.2. The zero-order valence-electron chi connectivity index (χ0n) is 15.4. The van der Waals surface area contributed by atoms with Crippen LogP contribution in [0.5, 0.6) is 0 Å². The van der Waals surface area contributed by atoms with E-state index in [1.807, 2.05) is 47.8 Å². The fraction of sp³-hybridized carbons (Fsp3) is 0.286. The van der Waals surface area contributed by atoms with Gasteiger partial charge in [0.2, 0.25) is 5.91 Å². The highest BCUT2D eigenvalue weighted by Gasteiger charge is 2.28. The Morgan fingerprint density at radius 1 is 1.18 bits per heavy atom. The molecule has 1 aliphatic heterocycles. The van der Waals surface area contributed by atoms with Gasteiger partial charge in [-0.05, 0) is 48.6 Å². The van der Waals surface area contributed by atoms with Gasteiger partial charge in [-0.3, -0.25) is 9.78 Å². The first-order valence-corrected chi connectivity index (χ1v) is 10.3. The van der Waals surface area contributed by atoms with Gasteiger partial charge in [0.15, 0.2) is 0 Å². The monoisotopic (exact) mass is 394 g/mol. The molecule has 3 heterocycles. The summed E-state index contributed by atoms with van der Waals surface area (Å²) in [6.07, 6.45) is 3.34. The van der Waals surface area contributed by atoms with Crippen molar-refractivity contribution < 1.29 is 9.59 Å². The predicted molar refractivity (Wildman–Crippen MR) is 111 cm³/mol. The van der Waals surface area contributed by atoms with Crippen molar-refractivity contribution in [1.82, 2.24) is 15.2 Å². The fourth-order valence-electron chi connectivity index (χ4n) is 3.51. The van der Waals surface area contributed by atoms with Crippen LogP contribution in [0.25, 0.3) is 10.9 Å². The molecule has 1 aromatic carbocycles. The SMILES string of the molecule is O=C(Nc1cccc2ncccc12)C1CCCN(C(=O)NCc2cccs2)C1. The lowest BCUT2D eigenvalue weighted by Crippen LogP contribution is -2.47. The number of anilines is 1. The summed E-state index contributed by atoms with van der Waals surface area (Å²) in [5.74, 6) is -0.264. The molecule has 1 fully saturated rings. The Kier molecular flexibility index (Phi) is 5.53. The third-order valence-electron chi connectivity index (χ3n) is 4.98. The molecule has 1 aliphatic rings. The van der Waals surface area contributed by atoms with Gasteiger partial charge < -0.3 is 15.5 Å². The van der Waals surface area contributed by atoms with Crippen LogP contribution in [-0.4, -0.2) is 34.9 Å². The number of carbonyl (C=O) groups excluding carboxylic acids is 2. The van der Waals surface area contributed by atoms with E-state index in [0.717, 1.165) is 34.3 Å². The summed E-state index contributed by atoms with van der Waals surface area (Å²) in [6.45, 7) is 1.64. The molecular formula is C21H22N4O2S. The van der Waals surface area contributed by atoms with Crippen molar-refractivity contribution in [2.75, 3.05) is 18.4 Å². The first-order chi connectivity index (χ1) is 13.7. The molecule has 2 aromatic heterocycles. The second kappa shape index (κ2) is 8.39. The molecule has 1 saturated heterocycles. The third kappa shape index (κ3) is 4.14. The van der Waals surface area contributed by atoms with Crippen LogP contribution in [-0.2, 0) is 11.3 Å². The number of aromatic nitrogens is 1. The number of carbonyl (C=O) groups is 2. The molecular weight excluding hydrogens is 372 g/mol. The number of fused-ring (bicyclic) bond motifs is 1. The lowest BCUT2D eigenvalue weighted by Gasteiger charge is -2.32. The molecule has 3 amide bonds. The predicted octanol–water partition coefficient (Wildman–Crippen LogP) is 3.86. The lowest BCUT2D eigenvalue weighted by atomic mass is 9.97. The van der Waals surface area contributed by atoms with Gasteiger partial charge in [0.1, 0.15) is 0 Å². The Morgan fingerprint density at radius 3 is 2.96 bits per heavy atom. The third-order valence-corrected chi connectivity index (χ3v) is 5.85. The van der Waals surface area contributed by atoms with Crippen LogP contribution in [0.4, 0.5) is 10.5 Å². The summed E-state index contributed by atoms with van der Waals surface area (Å²) in [5.41, 5.74) is 1.60. The first kappa shape index (κ1) is 18.4. The normalized spacial score (nSPS) is 16.7. The topological polar surface area (TPSA) is 74.3 Å². The average Bonchev–Trinajstić information content (AvgIpc) is 3.26. The highest BCUT2D eigenvalue weighted by Crippen LogP contribution is 2.24. The molecule has 0 bridgehead atoms. The number of benzene rings is 1. The number of likely N-dealkylation sites (tertiary alicyclic amines) is 1. The number of nitrogens with zero attached hydrogens (tertiary/aromatic N) is 2. The van der Waals surface area contributed by atoms with Crippen LogP contribution in [0.15, 0.2) is 54.0 Å². The van der Waals surface area contributed by atoms with E-state index in [-0.39, 0.29) is 17.9 Å². The zero-order chi connectivity index (χ0) is 19.3. The number of thiophene rings is 1. The molecule has 0 spiro atoms. The second-order valence-electron chi connectivity index (χ2n) is 6.89. The van der Waals surface area contributed by atoms with Gasteiger partial charge in [-0.1, -0.05) is 12.1 Å². The number of urea groups is 1. The maximum Gasteiger partial charge on any atom is 0.317 e. The molecule has 4 rings (SSSR count). The molecule has 0 aliphatic carbocycles. The van der Waals surface area contributed by atoms with Crippen LogP contribution in [0, 0.1) is 5.92 Å². The maximum absolute atomic E-state index is 12.8. The standard InChI is InChI=1S/C21H22N4O2S/c26-20(24-19-9-1-8-18-17(19)7-2-10-22-18)15-5-3-11-25(14-15)21(27)23-13-16-6-4-12-28-16/h1-2,4,6-10,12,15H,3,5,11,13-14H2,(H,23,27)(H,24,26). The molecule has 7 heteroatoms. The quantitative estimate of drug-likeness (QED) is 0.706. The van der Waals surface area contributed by atoms with Crippen LogP contribution in [0.1, 0.15) is 17.7 Å². The number of rotatable bonds is 4. The number of amides is 3. The average molecular weight is 395 g/mol. The largest absolute Gasteiger partial charge is 0.333 e. The van der Waals surface area contributed by atoms with Crippen molar-refractivity contribution in [3.05, 3.63) is 58.9 Å². The van der Waals surface area contributed by atoms with E-state index < -0.39 is 0 Å². The summed E-state index contributed by atoms with van der Waals surface area (Å²) in [5, 5.41) is 8.89. The lowest BCUT2D eigenvalue weighted by molar-refractivity contribution is -0.121. The molecule has 1 unspecified atom stereocenters. The van der Waals surface area contributed by atoms with Crippen LogP contribution in [0.3, 0.4) is 0 Å². The van der Waals surface area contributed by atoms with Crippen molar-refractivity contribution in [2.45, 2.75) is 19.4 Å². The summed E-state index contributed by atoms with van der Waals surface area (Å²) < 4.78 is 0. The van der Waals surface area contributed by atoms with Gasteiger partial charge in [-0.25, -0.2) is 4.79 Å². The number of piperidine rings is 1. The van der Waals surface area contributed by atoms with Crippen molar-refractivity contribution in [3.8, 4) is 0 Å². The molecule has 6 nitrogen and oxygen atoms in total. The number of nitrogens with one attached hydrogen (secondary N) is 2. The van der Waals surface area contributed by atoms with Gasteiger partial charge in [0, 0.05) is 29.5 Å². The van der Waals surface area contributed by atoms with E-state index >= 15 is 0 Å². The van der Waals surface area contributed by atoms with Gasteiger partial charge in [-0.15, -0.1) is 11.3 Å².